The van der Waals surface area contributed by atoms with E-state index in [9.17, 15) is 4.79 Å². The fourth-order valence-electron chi connectivity index (χ4n) is 25.1. The Labute approximate surface area is 367 Å². The Morgan fingerprint density at radius 2 is 0.397 bits per heavy atom. The van der Waals surface area contributed by atoms with Crippen LogP contribution in [0.4, 0.5) is 0 Å². The third-order valence-corrected chi connectivity index (χ3v) is 25.0. The summed E-state index contributed by atoms with van der Waals surface area (Å²) in [7, 11) is 0. The first-order chi connectivity index (χ1) is 33.8. The van der Waals surface area contributed by atoms with Gasteiger partial charge < -0.3 is 4.74 Å². The minimum absolute atomic E-state index is 0.203. The highest BCUT2D eigenvalue weighted by molar-refractivity contribution is 6.82. The molecule has 0 aromatic heterocycles. The fraction of sp³-hybridized carbons (Fsp3) is 0.0769. The topological polar surface area (TPSA) is 43.4 Å². The van der Waals surface area contributed by atoms with Gasteiger partial charge in [0.25, 0.3) is 0 Å². The van der Waals surface area contributed by atoms with Crippen molar-refractivity contribution in [1.29, 1.82) is 0 Å². The zero-order valence-corrected chi connectivity index (χ0v) is 34.5. The molecule has 0 radical (unpaired) electrons. The smallest absolute Gasteiger partial charge is 0.374 e. The number of carbonyl (C=O) groups excluding carboxylic acids is 2. The van der Waals surface area contributed by atoms with E-state index in [1.165, 1.54) is 162 Å². The highest BCUT2D eigenvalue weighted by Gasteiger charge is 2.89. The van der Waals surface area contributed by atoms with Crippen molar-refractivity contribution in [3.63, 3.8) is 0 Å². The van der Waals surface area contributed by atoms with Crippen molar-refractivity contribution < 1.29 is 14.3 Å². The molecule has 0 amide bonds. The largest absolute Gasteiger partial charge is 0.460 e. The van der Waals surface area contributed by atoms with Gasteiger partial charge in [-0.3, -0.25) is 4.79 Å². The Hall–Kier alpha value is -8.40. The number of esters is 1. The van der Waals surface area contributed by atoms with Gasteiger partial charge in [0.15, 0.2) is 0 Å². The summed E-state index contributed by atoms with van der Waals surface area (Å²) in [6.07, 6.45) is 0. The molecule has 1 saturated carbocycles. The van der Waals surface area contributed by atoms with Crippen LogP contribution in [0.25, 0.3) is 291 Å². The third kappa shape index (κ3) is 1.24. The van der Waals surface area contributed by atoms with Gasteiger partial charge >= 0.3 is 5.97 Å². The van der Waals surface area contributed by atoms with E-state index in [4.69, 9.17) is 4.74 Å². The summed E-state index contributed by atoms with van der Waals surface area (Å²) < 4.78 is 5.92. The van der Waals surface area contributed by atoms with Crippen molar-refractivity contribution in [2.75, 3.05) is 6.61 Å². The van der Waals surface area contributed by atoms with Crippen molar-refractivity contribution in [3.8, 4) is 0 Å². The lowest BCUT2D eigenvalue weighted by molar-refractivity contribution is -0.154. The summed E-state index contributed by atoms with van der Waals surface area (Å²) in [5.74, 6) is -1.47. The van der Waals surface area contributed by atoms with E-state index in [0.29, 0.717) is 0 Å². The van der Waals surface area contributed by atoms with Crippen LogP contribution in [0.5, 0.6) is 0 Å². The fourth-order valence-corrected chi connectivity index (χ4v) is 25.1. The Morgan fingerprint density at radius 3 is 0.529 bits per heavy atom. The number of ketones is 1. The SMILES string of the molecule is CCOC(=O)C(=O)C1C23c4c5c6c7c8c9c(c%10c%11c2c2c4c4c%12c5c5c6c6c8c8c%13c9c9c%10c%10c%11c%11c2c2c4c4c%12c%12c5c5c6c8c6c8c%13c9c9c%10c%10c%11c2c2c4c4c%12c5c6c5c8c9c%10c2c45)C713. The second-order valence-corrected chi connectivity index (χ2v) is 24.9. The van der Waals surface area contributed by atoms with E-state index < -0.39 is 22.7 Å². The molecule has 0 aliphatic heterocycles. The average molecular weight is 835 g/mol. The van der Waals surface area contributed by atoms with Gasteiger partial charge in [-0.25, -0.2) is 4.79 Å². The van der Waals surface area contributed by atoms with Gasteiger partial charge in [-0.05, 0) is 320 Å². The quantitative estimate of drug-likeness (QED) is 0.101. The predicted octanol–water partition coefficient (Wildman–Crippen LogP) is 16.1. The molecule has 1 fully saturated rings. The summed E-state index contributed by atoms with van der Waals surface area (Å²) in [6, 6.07) is 0. The van der Waals surface area contributed by atoms with Crippen LogP contribution in [0, 0.1) is 5.92 Å². The minimum Gasteiger partial charge on any atom is -0.460 e. The first-order valence-corrected chi connectivity index (χ1v) is 25.2. The summed E-state index contributed by atoms with van der Waals surface area (Å²) in [5.41, 5.74) is 4.40. The van der Waals surface area contributed by atoms with E-state index in [-0.39, 0.29) is 12.4 Å². The lowest BCUT2D eigenvalue weighted by Gasteiger charge is -2.32. The van der Waals surface area contributed by atoms with Gasteiger partial charge in [0.05, 0.1) is 12.5 Å². The molecule has 0 N–H and O–H groups in total. The lowest BCUT2D eigenvalue weighted by Crippen LogP contribution is -2.27. The highest BCUT2D eigenvalue weighted by atomic mass is 16.5. The molecule has 33 rings (SSSR count). The van der Waals surface area contributed by atoms with Gasteiger partial charge in [0.1, 0.15) is 0 Å². The van der Waals surface area contributed by atoms with Gasteiger partial charge in [-0.15, -0.1) is 0 Å². The first kappa shape index (κ1) is 24.9. The molecule has 3 heteroatoms. The Kier molecular flexibility index (Phi) is 2.00. The molecule has 5 aliphatic rings. The maximum atomic E-state index is 16.1. The predicted molar refractivity (Wildman–Crippen MR) is 279 cm³/mol. The standard InChI is InChI=1S/C65H6O3/c1-2-68-63(67)61(66)62-64-57-49-41-31-21-13-5-3-4-7-11-9(5)17-25-19(11)29-23-15(7)16-8(4)12-10-6(3)14(13)22-28-18(10)26-20(12)30-24(16)34-33(23)43-37(29)47-39(25)45(35(41)27(17)21)53(57)55(47)59-51(43)52-44(34)38(30)48-40(26)46-36(28)42(32(22)31)50(49)58(64)54(46)56(48)60(52)65(59,62)64/h62H,2H2,1H3. The van der Waals surface area contributed by atoms with Crippen LogP contribution in [-0.4, -0.2) is 18.4 Å². The number of hydrogen-bond donors (Lipinski definition) is 0. The highest BCUT2D eigenvalue weighted by Crippen LogP contribution is 2.92. The molecule has 3 nitrogen and oxygen atoms in total. The number of Topliss-reactive ketones (excluding diaryl/α,β-unsaturated/α-hetero) is 1. The number of rotatable bonds is 3. The summed E-state index contributed by atoms with van der Waals surface area (Å²) in [4.78, 5) is 30.8. The molecule has 0 unspecified atom stereocenters. The number of hydrogen-bond acceptors (Lipinski definition) is 3. The van der Waals surface area contributed by atoms with Crippen LogP contribution < -0.4 is 0 Å². The lowest BCUT2D eigenvalue weighted by atomic mass is 9.68. The molecule has 28 aromatic rings. The molecule has 5 aliphatic carbocycles. The summed E-state index contributed by atoms with van der Waals surface area (Å²) in [5, 5.41) is 83.1. The van der Waals surface area contributed by atoms with Crippen LogP contribution >= 0.6 is 0 Å². The molecule has 0 heterocycles. The van der Waals surface area contributed by atoms with Gasteiger partial charge in [0, 0.05) is 10.8 Å². The monoisotopic (exact) mass is 834 g/mol. The Morgan fingerprint density at radius 1 is 0.265 bits per heavy atom. The third-order valence-electron chi connectivity index (χ3n) is 25.0. The molecular formula is C65H6O3. The zero-order chi connectivity index (χ0) is 40.6. The van der Waals surface area contributed by atoms with E-state index in [0.717, 1.165) is 0 Å². The molecule has 68 heavy (non-hydrogen) atoms. The van der Waals surface area contributed by atoms with Gasteiger partial charge in [-0.2, -0.15) is 0 Å². The number of carbonyl (C=O) groups is 2. The summed E-state index contributed by atoms with van der Waals surface area (Å²) >= 11 is 0. The Balaban J connectivity index is 1.20. The van der Waals surface area contributed by atoms with Crippen LogP contribution in [-0.2, 0) is 25.2 Å². The van der Waals surface area contributed by atoms with E-state index in [1.807, 2.05) is 6.92 Å². The average Bonchev–Trinajstić information content (AvgIpc) is 4.30. The minimum atomic E-state index is -0.678. The van der Waals surface area contributed by atoms with Crippen molar-refractivity contribution in [2.45, 2.75) is 17.8 Å². The molecule has 0 bridgehead atoms. The second-order valence-electron chi connectivity index (χ2n) is 24.9. The van der Waals surface area contributed by atoms with E-state index >= 15 is 4.79 Å². The number of ether oxygens (including phenoxy) is 1. The summed E-state index contributed by atoms with van der Waals surface area (Å²) in [6.45, 7) is 2.07. The van der Waals surface area contributed by atoms with Crippen molar-refractivity contribution in [3.05, 3.63) is 22.3 Å². The molecule has 28 aromatic carbocycles. The molecular weight excluding hydrogens is 829 g/mol. The molecule has 0 saturated heterocycles. The van der Waals surface area contributed by atoms with Crippen LogP contribution in [0.3, 0.4) is 0 Å². The van der Waals surface area contributed by atoms with Crippen LogP contribution in [0.15, 0.2) is 0 Å². The maximum absolute atomic E-state index is 16.1. The van der Waals surface area contributed by atoms with Crippen LogP contribution in [0.1, 0.15) is 29.2 Å². The molecule has 284 valence electrons. The zero-order valence-electron chi connectivity index (χ0n) is 34.5. The van der Waals surface area contributed by atoms with Crippen molar-refractivity contribution in [1.82, 2.24) is 0 Å². The van der Waals surface area contributed by atoms with Crippen molar-refractivity contribution in [2.24, 2.45) is 5.92 Å². The van der Waals surface area contributed by atoms with Gasteiger partial charge in [0.2, 0.25) is 5.78 Å². The van der Waals surface area contributed by atoms with Crippen molar-refractivity contribution >= 4 is 303 Å². The van der Waals surface area contributed by atoms with E-state index in [1.54, 1.807) is 151 Å². The molecule has 0 atom stereocenters. The van der Waals surface area contributed by atoms with Crippen LogP contribution in [0.2, 0.25) is 0 Å². The second kappa shape index (κ2) is 5.47. The normalized spacial score (nSPS) is 23.5. The molecule has 2 spiro atoms. The maximum Gasteiger partial charge on any atom is 0.374 e. The number of benzene rings is 18. The first-order valence-electron chi connectivity index (χ1n) is 25.2. The van der Waals surface area contributed by atoms with Gasteiger partial charge in [-0.1, -0.05) is 0 Å². The van der Waals surface area contributed by atoms with E-state index in [2.05, 4.69) is 0 Å². The Bertz CT molecular complexity index is 6630.